The molecule has 2 nitrogen and oxygen atoms in total. The van der Waals surface area contributed by atoms with E-state index in [1.165, 1.54) is 19.3 Å². The topological polar surface area (TPSA) is 26.3 Å². The van der Waals surface area contributed by atoms with Crippen molar-refractivity contribution in [1.29, 1.82) is 0 Å². The number of carbonyl (C=O) groups is 1. The van der Waals surface area contributed by atoms with Crippen LogP contribution < -0.4 is 4.74 Å². The summed E-state index contributed by atoms with van der Waals surface area (Å²) in [4.78, 5) is 10.6. The summed E-state index contributed by atoms with van der Waals surface area (Å²) >= 11 is 3.33. The monoisotopic (exact) mass is 284 g/mol. The highest BCUT2D eigenvalue weighted by molar-refractivity contribution is 9.10. The summed E-state index contributed by atoms with van der Waals surface area (Å²) < 4.78 is 6.37. The molecule has 0 atom stereocenters. The summed E-state index contributed by atoms with van der Waals surface area (Å²) in [6, 6.07) is 5.43. The Morgan fingerprint density at radius 1 is 1.31 bits per heavy atom. The smallest absolute Gasteiger partial charge is 0.151 e. The van der Waals surface area contributed by atoms with Gasteiger partial charge >= 0.3 is 0 Å². The second-order valence-electron chi connectivity index (χ2n) is 3.71. The van der Waals surface area contributed by atoms with Gasteiger partial charge in [-0.05, 0) is 40.5 Å². The molecule has 0 N–H and O–H groups in total. The van der Waals surface area contributed by atoms with E-state index in [-0.39, 0.29) is 0 Å². The molecule has 0 aromatic heterocycles. The van der Waals surface area contributed by atoms with E-state index in [0.717, 1.165) is 29.5 Å². The van der Waals surface area contributed by atoms with Crippen molar-refractivity contribution in [2.45, 2.75) is 32.6 Å². The molecule has 0 fully saturated rings. The molecule has 0 aliphatic carbocycles. The van der Waals surface area contributed by atoms with E-state index >= 15 is 0 Å². The van der Waals surface area contributed by atoms with Crippen LogP contribution in [-0.4, -0.2) is 12.9 Å². The van der Waals surface area contributed by atoms with Gasteiger partial charge in [-0.1, -0.05) is 26.2 Å². The lowest BCUT2D eigenvalue weighted by Gasteiger charge is -2.06. The summed E-state index contributed by atoms with van der Waals surface area (Å²) in [5, 5.41) is 0. The van der Waals surface area contributed by atoms with Crippen LogP contribution >= 0.6 is 15.9 Å². The van der Waals surface area contributed by atoms with E-state index in [1.54, 1.807) is 6.07 Å². The molecule has 0 spiro atoms. The van der Waals surface area contributed by atoms with Crippen LogP contribution in [0.25, 0.3) is 0 Å². The molecule has 0 radical (unpaired) electrons. The Kier molecular flexibility index (Phi) is 6.16. The molecular weight excluding hydrogens is 268 g/mol. The second-order valence-corrected chi connectivity index (χ2v) is 4.56. The van der Waals surface area contributed by atoms with Crippen LogP contribution in [-0.2, 0) is 0 Å². The summed E-state index contributed by atoms with van der Waals surface area (Å²) in [6.45, 7) is 2.93. The largest absolute Gasteiger partial charge is 0.494 e. The van der Waals surface area contributed by atoms with Crippen molar-refractivity contribution in [2.75, 3.05) is 6.61 Å². The van der Waals surface area contributed by atoms with Gasteiger partial charge in [0.2, 0.25) is 0 Å². The number of hydrogen-bond acceptors (Lipinski definition) is 2. The lowest BCUT2D eigenvalue weighted by Crippen LogP contribution is -1.97. The van der Waals surface area contributed by atoms with Gasteiger partial charge in [0, 0.05) is 10.0 Å². The first-order chi connectivity index (χ1) is 7.77. The predicted octanol–water partition coefficient (Wildman–Crippen LogP) is 4.22. The van der Waals surface area contributed by atoms with Gasteiger partial charge in [-0.15, -0.1) is 0 Å². The molecule has 0 heterocycles. The van der Waals surface area contributed by atoms with E-state index in [2.05, 4.69) is 22.9 Å². The van der Waals surface area contributed by atoms with E-state index < -0.39 is 0 Å². The number of aldehydes is 1. The van der Waals surface area contributed by atoms with Crippen LogP contribution in [0.4, 0.5) is 0 Å². The van der Waals surface area contributed by atoms with E-state index in [0.29, 0.717) is 5.56 Å². The van der Waals surface area contributed by atoms with Crippen molar-refractivity contribution in [3.8, 4) is 5.75 Å². The quantitative estimate of drug-likeness (QED) is 0.554. The lowest BCUT2D eigenvalue weighted by molar-refractivity contribution is 0.112. The van der Waals surface area contributed by atoms with Crippen LogP contribution in [0, 0.1) is 0 Å². The number of halogens is 1. The van der Waals surface area contributed by atoms with Crippen molar-refractivity contribution in [1.82, 2.24) is 0 Å². The Hall–Kier alpha value is -0.830. The molecule has 3 heteroatoms. The normalized spacial score (nSPS) is 10.1. The molecule has 1 rings (SSSR count). The third kappa shape index (κ3) is 4.35. The molecule has 0 aliphatic rings. The van der Waals surface area contributed by atoms with Crippen molar-refractivity contribution in [3.05, 3.63) is 28.2 Å². The fourth-order valence-corrected chi connectivity index (χ4v) is 1.86. The van der Waals surface area contributed by atoms with Crippen LogP contribution in [0.3, 0.4) is 0 Å². The number of hydrogen-bond donors (Lipinski definition) is 0. The third-order valence-electron chi connectivity index (χ3n) is 2.37. The van der Waals surface area contributed by atoms with Crippen LogP contribution in [0.1, 0.15) is 43.0 Å². The fraction of sp³-hybridized carbons (Fsp3) is 0.462. The van der Waals surface area contributed by atoms with Gasteiger partial charge in [-0.3, -0.25) is 4.79 Å². The Labute approximate surface area is 105 Å². The Morgan fingerprint density at radius 3 is 2.75 bits per heavy atom. The zero-order chi connectivity index (χ0) is 11.8. The lowest BCUT2D eigenvalue weighted by atomic mass is 10.2. The third-order valence-corrected chi connectivity index (χ3v) is 3.05. The number of unbranched alkanes of at least 4 members (excludes halogenated alkanes) is 3. The SMILES string of the molecule is CCCCCCOc1ccc(C=O)c(Br)c1. The molecule has 1 aromatic rings. The molecule has 1 aromatic carbocycles. The van der Waals surface area contributed by atoms with Crippen molar-refractivity contribution >= 4 is 22.2 Å². The zero-order valence-electron chi connectivity index (χ0n) is 9.54. The summed E-state index contributed by atoms with van der Waals surface area (Å²) in [7, 11) is 0. The van der Waals surface area contributed by atoms with Gasteiger partial charge < -0.3 is 4.74 Å². The van der Waals surface area contributed by atoms with E-state index in [9.17, 15) is 4.79 Å². The minimum atomic E-state index is 0.651. The van der Waals surface area contributed by atoms with Gasteiger partial charge in [0.15, 0.2) is 6.29 Å². The predicted molar refractivity (Wildman–Crippen MR) is 69.2 cm³/mol. The summed E-state index contributed by atoms with van der Waals surface area (Å²) in [6.07, 6.45) is 5.62. The number of carbonyl (C=O) groups excluding carboxylic acids is 1. The summed E-state index contributed by atoms with van der Waals surface area (Å²) in [5.74, 6) is 0.814. The first-order valence-electron chi connectivity index (χ1n) is 5.65. The zero-order valence-corrected chi connectivity index (χ0v) is 11.1. The van der Waals surface area contributed by atoms with Crippen LogP contribution in [0.2, 0.25) is 0 Å². The Morgan fingerprint density at radius 2 is 2.12 bits per heavy atom. The van der Waals surface area contributed by atoms with Crippen molar-refractivity contribution < 1.29 is 9.53 Å². The van der Waals surface area contributed by atoms with Gasteiger partial charge in [-0.25, -0.2) is 0 Å². The van der Waals surface area contributed by atoms with Gasteiger partial charge in [0.25, 0.3) is 0 Å². The van der Waals surface area contributed by atoms with E-state index in [1.807, 2.05) is 12.1 Å². The number of rotatable bonds is 7. The van der Waals surface area contributed by atoms with Crippen molar-refractivity contribution in [3.63, 3.8) is 0 Å². The van der Waals surface area contributed by atoms with Crippen LogP contribution in [0.15, 0.2) is 22.7 Å². The van der Waals surface area contributed by atoms with Crippen molar-refractivity contribution in [2.24, 2.45) is 0 Å². The van der Waals surface area contributed by atoms with Gasteiger partial charge in [0.1, 0.15) is 5.75 Å². The molecule has 0 saturated heterocycles. The Bertz CT molecular complexity index is 337. The molecule has 0 amide bonds. The molecular formula is C13H17BrO2. The minimum absolute atomic E-state index is 0.651. The molecule has 0 saturated carbocycles. The number of benzene rings is 1. The molecule has 16 heavy (non-hydrogen) atoms. The first-order valence-corrected chi connectivity index (χ1v) is 6.44. The maximum Gasteiger partial charge on any atom is 0.151 e. The average Bonchev–Trinajstić information content (AvgIpc) is 2.29. The molecule has 0 bridgehead atoms. The maximum atomic E-state index is 10.6. The second kappa shape index (κ2) is 7.44. The Balaban J connectivity index is 2.37. The first kappa shape index (κ1) is 13.2. The van der Waals surface area contributed by atoms with Gasteiger partial charge in [0.05, 0.1) is 6.61 Å². The molecule has 88 valence electrons. The number of ether oxygens (including phenoxy) is 1. The highest BCUT2D eigenvalue weighted by atomic mass is 79.9. The van der Waals surface area contributed by atoms with Crippen LogP contribution in [0.5, 0.6) is 5.75 Å². The molecule has 0 unspecified atom stereocenters. The minimum Gasteiger partial charge on any atom is -0.494 e. The van der Waals surface area contributed by atoms with Gasteiger partial charge in [-0.2, -0.15) is 0 Å². The average molecular weight is 285 g/mol. The van der Waals surface area contributed by atoms with E-state index in [4.69, 9.17) is 4.74 Å². The standard InChI is InChI=1S/C13H17BrO2/c1-2-3-4-5-8-16-12-7-6-11(10-15)13(14)9-12/h6-7,9-10H,2-5,8H2,1H3. The maximum absolute atomic E-state index is 10.6. The summed E-state index contributed by atoms with van der Waals surface area (Å²) in [5.41, 5.74) is 0.651. The molecule has 0 aliphatic heterocycles. The highest BCUT2D eigenvalue weighted by Crippen LogP contribution is 2.22. The fourth-order valence-electron chi connectivity index (χ4n) is 1.41. The highest BCUT2D eigenvalue weighted by Gasteiger charge is 2.00.